The minimum absolute atomic E-state index is 0.227. The number of rotatable bonds is 7. The molecule has 1 saturated carbocycles. The Balaban J connectivity index is 2.08. The van der Waals surface area contributed by atoms with Crippen LogP contribution in [0.2, 0.25) is 0 Å². The van der Waals surface area contributed by atoms with Crippen molar-refractivity contribution >= 4 is 11.9 Å². The first-order valence-corrected chi connectivity index (χ1v) is 7.31. The van der Waals surface area contributed by atoms with Gasteiger partial charge in [-0.2, -0.15) is 0 Å². The highest BCUT2D eigenvalue weighted by Gasteiger charge is 2.41. The van der Waals surface area contributed by atoms with E-state index in [4.69, 9.17) is 19.3 Å². The molecule has 1 amide bonds. The van der Waals surface area contributed by atoms with Gasteiger partial charge in [0.2, 0.25) is 5.91 Å². The van der Waals surface area contributed by atoms with E-state index in [-0.39, 0.29) is 12.5 Å². The van der Waals surface area contributed by atoms with E-state index >= 15 is 0 Å². The maximum absolute atomic E-state index is 12.1. The minimum atomic E-state index is -0.917. The second-order valence-corrected chi connectivity index (χ2v) is 5.37. The number of carboxylic acid groups (broad SMARTS) is 1. The van der Waals surface area contributed by atoms with Crippen LogP contribution in [0.3, 0.4) is 0 Å². The summed E-state index contributed by atoms with van der Waals surface area (Å²) in [5.41, 5.74) is 0.727. The third-order valence-electron chi connectivity index (χ3n) is 4.17. The summed E-state index contributed by atoms with van der Waals surface area (Å²) in [7, 11) is 4.58. The van der Waals surface area contributed by atoms with Gasteiger partial charge in [0.1, 0.15) is 5.75 Å². The first-order valence-electron chi connectivity index (χ1n) is 7.31. The number of aliphatic carboxylic acids is 1. The molecule has 2 atom stereocenters. The highest BCUT2D eigenvalue weighted by atomic mass is 16.5. The number of benzene rings is 1. The molecule has 7 nitrogen and oxygen atoms in total. The van der Waals surface area contributed by atoms with Crippen molar-refractivity contribution in [2.45, 2.75) is 19.4 Å². The van der Waals surface area contributed by atoms with Gasteiger partial charge in [0.25, 0.3) is 0 Å². The van der Waals surface area contributed by atoms with Crippen molar-refractivity contribution in [2.24, 2.45) is 11.8 Å². The molecular weight excluding hydrogens is 302 g/mol. The van der Waals surface area contributed by atoms with Gasteiger partial charge < -0.3 is 24.6 Å². The zero-order chi connectivity index (χ0) is 17.0. The van der Waals surface area contributed by atoms with E-state index in [0.29, 0.717) is 30.1 Å². The van der Waals surface area contributed by atoms with Gasteiger partial charge in [-0.15, -0.1) is 0 Å². The third kappa shape index (κ3) is 3.49. The predicted molar refractivity (Wildman–Crippen MR) is 81.8 cm³/mol. The van der Waals surface area contributed by atoms with E-state index in [9.17, 15) is 9.59 Å². The monoisotopic (exact) mass is 323 g/mol. The summed E-state index contributed by atoms with van der Waals surface area (Å²) >= 11 is 0. The third-order valence-corrected chi connectivity index (χ3v) is 4.17. The Morgan fingerprint density at radius 1 is 1.04 bits per heavy atom. The fourth-order valence-corrected chi connectivity index (χ4v) is 2.65. The average Bonchev–Trinajstić information content (AvgIpc) is 2.50. The molecule has 0 saturated heterocycles. The first-order chi connectivity index (χ1) is 11.0. The van der Waals surface area contributed by atoms with Crippen molar-refractivity contribution in [3.05, 3.63) is 17.7 Å². The largest absolute Gasteiger partial charge is 0.496 e. The quantitative estimate of drug-likeness (QED) is 0.788. The molecule has 0 spiro atoms. The molecule has 0 heterocycles. The number of carbonyl (C=O) groups excluding carboxylic acids is 1. The van der Waals surface area contributed by atoms with Crippen molar-refractivity contribution in [2.75, 3.05) is 21.3 Å². The normalized spacial score (nSPS) is 19.4. The highest BCUT2D eigenvalue weighted by molar-refractivity contribution is 5.86. The van der Waals surface area contributed by atoms with Crippen LogP contribution >= 0.6 is 0 Å². The van der Waals surface area contributed by atoms with Crippen LogP contribution < -0.4 is 19.5 Å². The Morgan fingerprint density at radius 3 is 2.09 bits per heavy atom. The van der Waals surface area contributed by atoms with Gasteiger partial charge in [-0.05, 0) is 18.9 Å². The van der Waals surface area contributed by atoms with E-state index in [1.165, 1.54) is 21.3 Å². The van der Waals surface area contributed by atoms with Gasteiger partial charge in [-0.3, -0.25) is 9.59 Å². The summed E-state index contributed by atoms with van der Waals surface area (Å²) in [5.74, 6) is -0.582. The fourth-order valence-electron chi connectivity index (χ4n) is 2.65. The van der Waals surface area contributed by atoms with E-state index in [1.54, 1.807) is 12.1 Å². The second kappa shape index (κ2) is 7.21. The summed E-state index contributed by atoms with van der Waals surface area (Å²) in [5, 5.41) is 11.8. The molecule has 0 aliphatic heterocycles. The van der Waals surface area contributed by atoms with Crippen molar-refractivity contribution in [1.82, 2.24) is 5.32 Å². The Kier molecular flexibility index (Phi) is 5.31. The van der Waals surface area contributed by atoms with Crippen molar-refractivity contribution in [1.29, 1.82) is 0 Å². The molecule has 1 aliphatic carbocycles. The van der Waals surface area contributed by atoms with Crippen molar-refractivity contribution < 1.29 is 28.9 Å². The Hall–Kier alpha value is -2.44. The number of methoxy groups -OCH3 is 3. The summed E-state index contributed by atoms with van der Waals surface area (Å²) in [6, 6.07) is 3.41. The highest BCUT2D eigenvalue weighted by Crippen LogP contribution is 2.36. The fraction of sp³-hybridized carbons (Fsp3) is 0.500. The Bertz CT molecular complexity index is 600. The smallest absolute Gasteiger partial charge is 0.307 e. The number of hydrogen-bond donors (Lipinski definition) is 2. The number of hydrogen-bond acceptors (Lipinski definition) is 5. The molecule has 126 valence electrons. The molecule has 0 aromatic heterocycles. The zero-order valence-electron chi connectivity index (χ0n) is 13.4. The summed E-state index contributed by atoms with van der Waals surface area (Å²) in [6.07, 6.45) is 1.15. The van der Waals surface area contributed by atoms with Crippen LogP contribution in [0, 0.1) is 11.8 Å². The van der Waals surface area contributed by atoms with Crippen LogP contribution in [0.25, 0.3) is 0 Å². The van der Waals surface area contributed by atoms with Crippen LogP contribution in [0.1, 0.15) is 18.4 Å². The zero-order valence-corrected chi connectivity index (χ0v) is 13.4. The van der Waals surface area contributed by atoms with Crippen molar-refractivity contribution in [3.8, 4) is 17.2 Å². The standard InChI is InChI=1S/C16H21NO6/c1-21-12-7-14(23-3)13(22-2)6-9(12)8-17-15(18)10-4-5-11(10)16(19)20/h6-7,10-11H,4-5,8H2,1-3H3,(H,17,18)(H,19,20). The van der Waals surface area contributed by atoms with Crippen molar-refractivity contribution in [3.63, 3.8) is 0 Å². The minimum Gasteiger partial charge on any atom is -0.496 e. The van der Waals surface area contributed by atoms with Gasteiger partial charge in [0.05, 0.1) is 33.2 Å². The van der Waals surface area contributed by atoms with E-state index in [0.717, 1.165) is 5.56 Å². The summed E-state index contributed by atoms with van der Waals surface area (Å²) < 4.78 is 15.7. The molecule has 2 N–H and O–H groups in total. The molecule has 23 heavy (non-hydrogen) atoms. The molecule has 7 heteroatoms. The first kappa shape index (κ1) is 16.9. The van der Waals surface area contributed by atoms with Gasteiger partial charge in [0.15, 0.2) is 11.5 Å². The SMILES string of the molecule is COc1cc(OC)c(OC)cc1CNC(=O)C1CCC1C(=O)O. The number of carbonyl (C=O) groups is 2. The molecule has 0 radical (unpaired) electrons. The van der Waals surface area contributed by atoms with Gasteiger partial charge in [-0.25, -0.2) is 0 Å². The number of nitrogens with one attached hydrogen (secondary N) is 1. The maximum atomic E-state index is 12.1. The van der Waals surface area contributed by atoms with E-state index in [2.05, 4.69) is 5.32 Å². The van der Waals surface area contributed by atoms with Crippen LogP contribution in [0.4, 0.5) is 0 Å². The Labute approximate surface area is 134 Å². The van der Waals surface area contributed by atoms with E-state index < -0.39 is 17.8 Å². The molecule has 0 bridgehead atoms. The topological polar surface area (TPSA) is 94.1 Å². The van der Waals surface area contributed by atoms with Gasteiger partial charge in [-0.1, -0.05) is 0 Å². The molecule has 1 fully saturated rings. The van der Waals surface area contributed by atoms with Crippen LogP contribution in [-0.2, 0) is 16.1 Å². The molecule has 1 aromatic rings. The lowest BCUT2D eigenvalue weighted by molar-refractivity contribution is -0.152. The molecule has 2 rings (SSSR count). The van der Waals surface area contributed by atoms with Gasteiger partial charge >= 0.3 is 5.97 Å². The second-order valence-electron chi connectivity index (χ2n) is 5.37. The summed E-state index contributed by atoms with van der Waals surface area (Å²) in [6.45, 7) is 0.227. The summed E-state index contributed by atoms with van der Waals surface area (Å²) in [4.78, 5) is 23.1. The lowest BCUT2D eigenvalue weighted by Gasteiger charge is -2.32. The van der Waals surface area contributed by atoms with E-state index in [1.807, 2.05) is 0 Å². The Morgan fingerprint density at radius 2 is 1.61 bits per heavy atom. The lowest BCUT2D eigenvalue weighted by Crippen LogP contribution is -2.43. The molecule has 1 aliphatic rings. The van der Waals surface area contributed by atoms with Crippen LogP contribution in [0.15, 0.2) is 12.1 Å². The van der Waals surface area contributed by atoms with Crippen LogP contribution in [-0.4, -0.2) is 38.3 Å². The maximum Gasteiger partial charge on any atom is 0.307 e. The predicted octanol–water partition coefficient (Wildman–Crippen LogP) is 1.44. The van der Waals surface area contributed by atoms with Gasteiger partial charge in [0, 0.05) is 18.2 Å². The number of carboxylic acids is 1. The lowest BCUT2D eigenvalue weighted by atomic mass is 9.73. The molecule has 1 aromatic carbocycles. The molecular formula is C16H21NO6. The average molecular weight is 323 g/mol. The molecule has 2 unspecified atom stereocenters. The number of ether oxygens (including phenoxy) is 3. The number of amides is 1. The van der Waals surface area contributed by atoms with Crippen LogP contribution in [0.5, 0.6) is 17.2 Å².